The van der Waals surface area contributed by atoms with Crippen molar-refractivity contribution in [2.24, 2.45) is 0 Å². The molecule has 2 aromatic heterocycles. The molecule has 0 saturated heterocycles. The van der Waals surface area contributed by atoms with Crippen molar-refractivity contribution >= 4 is 11.4 Å². The first-order valence-electron chi connectivity index (χ1n) is 10.1. The van der Waals surface area contributed by atoms with Crippen LogP contribution in [0.4, 0.5) is 11.4 Å². The summed E-state index contributed by atoms with van der Waals surface area (Å²) in [6.07, 6.45) is 11.3. The molecule has 0 amide bonds. The van der Waals surface area contributed by atoms with E-state index in [0.29, 0.717) is 0 Å². The van der Waals surface area contributed by atoms with Crippen LogP contribution in [0.15, 0.2) is 37.2 Å². The van der Waals surface area contributed by atoms with Crippen molar-refractivity contribution < 1.29 is 0 Å². The average Bonchev–Trinajstić information content (AvgIpc) is 2.70. The second-order valence-corrected chi connectivity index (χ2v) is 6.96. The highest BCUT2D eigenvalue weighted by Gasteiger charge is 2.15. The molecule has 4 heteroatoms. The zero-order chi connectivity index (χ0) is 19.6. The minimum absolute atomic E-state index is 0.979. The van der Waals surface area contributed by atoms with Crippen LogP contribution in [0.2, 0.25) is 0 Å². The standard InChI is InChI=1S/C23H34N4/c1-6-9-11-22-23(27(12-8-3)13-10-7-2)14-19(16-26-22)21-15-20(24-5)17-25-18(21)4/h7,14-17,24H,2,6,8-13H2,1,3-5H3. The van der Waals surface area contributed by atoms with E-state index < -0.39 is 0 Å². The third kappa shape index (κ3) is 5.56. The first-order valence-corrected chi connectivity index (χ1v) is 10.1. The van der Waals surface area contributed by atoms with Crippen LogP contribution in [-0.4, -0.2) is 30.1 Å². The lowest BCUT2D eigenvalue weighted by molar-refractivity contribution is 0.735. The van der Waals surface area contributed by atoms with E-state index in [1.54, 1.807) is 0 Å². The molecule has 0 saturated carbocycles. The summed E-state index contributed by atoms with van der Waals surface area (Å²) in [6, 6.07) is 4.46. The van der Waals surface area contributed by atoms with Crippen molar-refractivity contribution in [2.75, 3.05) is 30.4 Å². The zero-order valence-corrected chi connectivity index (χ0v) is 17.4. The Hall–Kier alpha value is -2.36. The number of aryl methyl sites for hydroxylation is 2. The minimum atomic E-state index is 0.979. The molecule has 0 spiro atoms. The lowest BCUT2D eigenvalue weighted by atomic mass is 10.0. The van der Waals surface area contributed by atoms with Crippen molar-refractivity contribution in [3.05, 3.63) is 48.6 Å². The summed E-state index contributed by atoms with van der Waals surface area (Å²) in [4.78, 5) is 11.9. The molecule has 0 bridgehead atoms. The number of pyridine rings is 2. The van der Waals surface area contributed by atoms with Gasteiger partial charge in [0, 0.05) is 43.2 Å². The lowest BCUT2D eigenvalue weighted by Crippen LogP contribution is -2.26. The number of anilines is 2. The number of hydrogen-bond donors (Lipinski definition) is 1. The van der Waals surface area contributed by atoms with E-state index >= 15 is 0 Å². The molecule has 2 rings (SSSR count). The summed E-state index contributed by atoms with van der Waals surface area (Å²) in [5, 5.41) is 3.18. The first-order chi connectivity index (χ1) is 13.1. The Kier molecular flexibility index (Phi) is 8.31. The molecule has 146 valence electrons. The van der Waals surface area contributed by atoms with Crippen LogP contribution in [0, 0.1) is 6.92 Å². The number of unbranched alkanes of at least 4 members (excludes halogenated alkanes) is 1. The van der Waals surface area contributed by atoms with Crippen LogP contribution in [0.1, 0.15) is 50.9 Å². The topological polar surface area (TPSA) is 41.0 Å². The molecule has 27 heavy (non-hydrogen) atoms. The number of nitrogens with one attached hydrogen (secondary N) is 1. The van der Waals surface area contributed by atoms with E-state index in [0.717, 1.165) is 61.3 Å². The normalized spacial score (nSPS) is 10.7. The van der Waals surface area contributed by atoms with Gasteiger partial charge in [-0.2, -0.15) is 0 Å². The fourth-order valence-corrected chi connectivity index (χ4v) is 3.27. The molecule has 2 heterocycles. The smallest absolute Gasteiger partial charge is 0.0637 e. The van der Waals surface area contributed by atoms with Crippen LogP contribution >= 0.6 is 0 Å². The van der Waals surface area contributed by atoms with Crippen LogP contribution in [-0.2, 0) is 6.42 Å². The van der Waals surface area contributed by atoms with Crippen molar-refractivity contribution in [3.63, 3.8) is 0 Å². The first kappa shape index (κ1) is 20.9. The highest BCUT2D eigenvalue weighted by molar-refractivity contribution is 5.73. The highest BCUT2D eigenvalue weighted by Crippen LogP contribution is 2.30. The summed E-state index contributed by atoms with van der Waals surface area (Å²) in [6.45, 7) is 12.4. The molecule has 0 aliphatic heterocycles. The molecule has 4 nitrogen and oxygen atoms in total. The molecule has 1 N–H and O–H groups in total. The maximum absolute atomic E-state index is 4.88. The summed E-state index contributed by atoms with van der Waals surface area (Å²) < 4.78 is 0. The zero-order valence-electron chi connectivity index (χ0n) is 17.4. The highest BCUT2D eigenvalue weighted by atomic mass is 15.1. The number of nitrogens with zero attached hydrogens (tertiary/aromatic N) is 3. The lowest BCUT2D eigenvalue weighted by Gasteiger charge is -2.27. The van der Waals surface area contributed by atoms with Crippen LogP contribution < -0.4 is 10.2 Å². The van der Waals surface area contributed by atoms with Crippen molar-refractivity contribution in [3.8, 4) is 11.1 Å². The Balaban J connectivity index is 2.50. The van der Waals surface area contributed by atoms with Gasteiger partial charge in [0.1, 0.15) is 0 Å². The largest absolute Gasteiger partial charge is 0.387 e. The van der Waals surface area contributed by atoms with Crippen LogP contribution in [0.3, 0.4) is 0 Å². The number of rotatable bonds is 11. The van der Waals surface area contributed by atoms with E-state index in [2.05, 4.69) is 54.7 Å². The molecular weight excluding hydrogens is 332 g/mol. The van der Waals surface area contributed by atoms with Gasteiger partial charge in [-0.05, 0) is 44.7 Å². The maximum Gasteiger partial charge on any atom is 0.0637 e. The Labute approximate surface area is 164 Å². The quantitative estimate of drug-likeness (QED) is 0.523. The SMILES string of the molecule is C=CCCN(CCC)c1cc(-c2cc(NC)cnc2C)cnc1CCCC. The molecule has 0 fully saturated rings. The van der Waals surface area contributed by atoms with Gasteiger partial charge in [-0.25, -0.2) is 0 Å². The fourth-order valence-electron chi connectivity index (χ4n) is 3.27. The van der Waals surface area contributed by atoms with Crippen molar-refractivity contribution in [2.45, 2.75) is 52.9 Å². The third-order valence-corrected chi connectivity index (χ3v) is 4.84. The van der Waals surface area contributed by atoms with Gasteiger partial charge in [-0.1, -0.05) is 26.3 Å². The van der Waals surface area contributed by atoms with Crippen molar-refractivity contribution in [1.82, 2.24) is 9.97 Å². The van der Waals surface area contributed by atoms with Gasteiger partial charge < -0.3 is 10.2 Å². The Morgan fingerprint density at radius 1 is 1.11 bits per heavy atom. The van der Waals surface area contributed by atoms with E-state index in [1.807, 2.05) is 25.5 Å². The van der Waals surface area contributed by atoms with Gasteiger partial charge in [-0.15, -0.1) is 6.58 Å². The van der Waals surface area contributed by atoms with Gasteiger partial charge in [0.2, 0.25) is 0 Å². The van der Waals surface area contributed by atoms with E-state index in [1.165, 1.54) is 17.8 Å². The second kappa shape index (κ2) is 10.7. The van der Waals surface area contributed by atoms with Crippen molar-refractivity contribution in [1.29, 1.82) is 0 Å². The summed E-state index contributed by atoms with van der Waals surface area (Å²) in [5.74, 6) is 0. The Bertz CT molecular complexity index is 739. The maximum atomic E-state index is 4.88. The van der Waals surface area contributed by atoms with Crippen LogP contribution in [0.25, 0.3) is 11.1 Å². The predicted octanol–water partition coefficient (Wildman–Crippen LogP) is 5.63. The van der Waals surface area contributed by atoms with E-state index in [4.69, 9.17) is 4.98 Å². The van der Waals surface area contributed by atoms with Gasteiger partial charge in [0.15, 0.2) is 0 Å². The van der Waals surface area contributed by atoms with Gasteiger partial charge >= 0.3 is 0 Å². The number of hydrogen-bond acceptors (Lipinski definition) is 4. The molecule has 0 atom stereocenters. The van der Waals surface area contributed by atoms with Gasteiger partial charge in [-0.3, -0.25) is 9.97 Å². The predicted molar refractivity (Wildman–Crippen MR) is 118 cm³/mol. The summed E-state index contributed by atoms with van der Waals surface area (Å²) in [7, 11) is 1.92. The summed E-state index contributed by atoms with van der Waals surface area (Å²) in [5.41, 5.74) is 6.78. The number of aromatic nitrogens is 2. The van der Waals surface area contributed by atoms with E-state index in [9.17, 15) is 0 Å². The second-order valence-electron chi connectivity index (χ2n) is 6.96. The van der Waals surface area contributed by atoms with E-state index in [-0.39, 0.29) is 0 Å². The molecule has 0 aliphatic carbocycles. The Morgan fingerprint density at radius 3 is 2.59 bits per heavy atom. The molecule has 0 aromatic carbocycles. The third-order valence-electron chi connectivity index (χ3n) is 4.84. The van der Waals surface area contributed by atoms with Gasteiger partial charge in [0.05, 0.1) is 23.3 Å². The summed E-state index contributed by atoms with van der Waals surface area (Å²) >= 11 is 0. The molecule has 0 radical (unpaired) electrons. The monoisotopic (exact) mass is 366 g/mol. The Morgan fingerprint density at radius 2 is 1.93 bits per heavy atom. The minimum Gasteiger partial charge on any atom is -0.387 e. The van der Waals surface area contributed by atoms with Crippen LogP contribution in [0.5, 0.6) is 0 Å². The molecule has 0 unspecified atom stereocenters. The molecule has 0 aliphatic rings. The fraction of sp³-hybridized carbons (Fsp3) is 0.478. The molecule has 2 aromatic rings. The van der Waals surface area contributed by atoms with Gasteiger partial charge in [0.25, 0.3) is 0 Å². The molecular formula is C23H34N4. The average molecular weight is 367 g/mol.